The number of rotatable bonds is 5. The normalized spacial score (nSPS) is 16.4. The van der Waals surface area contributed by atoms with E-state index in [9.17, 15) is 0 Å². The van der Waals surface area contributed by atoms with E-state index in [-0.39, 0.29) is 18.8 Å². The zero-order chi connectivity index (χ0) is 22.1. The summed E-state index contributed by atoms with van der Waals surface area (Å²) >= 11 is 1.76. The molecular weight excluding hydrogens is 392 g/mol. The van der Waals surface area contributed by atoms with Gasteiger partial charge >= 0.3 is 14.0 Å². The minimum absolute atomic E-state index is 0.113. The number of tetrazole rings is 1. The van der Waals surface area contributed by atoms with Crippen LogP contribution in [-0.2, 0) is 4.87 Å². The average Bonchev–Trinajstić information content (AvgIpc) is 3.19. The molecule has 0 fully saturated rings. The Kier molecular flexibility index (Phi) is 9.30. The summed E-state index contributed by atoms with van der Waals surface area (Å²) < 4.78 is 6.77. The van der Waals surface area contributed by atoms with Crippen LogP contribution in [0.5, 0.6) is 0 Å². The van der Waals surface area contributed by atoms with Crippen LogP contribution in [0.4, 0.5) is 11.6 Å². The molecule has 1 aromatic heterocycles. The van der Waals surface area contributed by atoms with Gasteiger partial charge in [-0.3, -0.25) is 0 Å². The summed E-state index contributed by atoms with van der Waals surface area (Å²) in [7, 11) is 0. The molecule has 0 spiro atoms. The smallest absolute Gasteiger partial charge is 0.341 e. The Labute approximate surface area is 187 Å². The van der Waals surface area contributed by atoms with Crippen molar-refractivity contribution in [2.45, 2.75) is 65.5 Å². The third-order valence-electron chi connectivity index (χ3n) is 4.99. The lowest BCUT2D eigenvalue weighted by Crippen LogP contribution is -2.57. The van der Waals surface area contributed by atoms with Gasteiger partial charge in [-0.05, 0) is 75.1 Å². The van der Waals surface area contributed by atoms with Crippen LogP contribution in [0.25, 0.3) is 0 Å². The van der Waals surface area contributed by atoms with Crippen LogP contribution >= 0.6 is 11.9 Å². The Morgan fingerprint density at radius 3 is 2.50 bits per heavy atom. The number of unbranched alkanes of at least 4 members (excludes halogenated alkanes) is 2. The number of hydrogen-bond donors (Lipinski definition) is 1. The molecule has 10 heteroatoms. The molecule has 0 saturated carbocycles. The summed E-state index contributed by atoms with van der Waals surface area (Å²) in [6, 6.07) is 10.6. The van der Waals surface area contributed by atoms with Crippen molar-refractivity contribution in [1.82, 2.24) is 24.9 Å². The molecule has 1 aromatic carbocycles. The Bertz CT molecular complexity index is 772. The first kappa shape index (κ1) is 24.3. The lowest BCUT2D eigenvalue weighted by Gasteiger charge is -2.39. The van der Waals surface area contributed by atoms with E-state index in [0.29, 0.717) is 5.95 Å². The molecule has 30 heavy (non-hydrogen) atoms. The average molecular weight is 427 g/mol. The van der Waals surface area contributed by atoms with Crippen LogP contribution in [0.1, 0.15) is 47.0 Å². The number of benzene rings is 1. The van der Waals surface area contributed by atoms with Gasteiger partial charge in [-0.2, -0.15) is 4.68 Å². The second kappa shape index (κ2) is 11.5. The summed E-state index contributed by atoms with van der Waals surface area (Å²) in [6.45, 7) is 17.6. The first-order valence-corrected chi connectivity index (χ1v) is 11.5. The number of fused-ring (bicyclic) bond motifs is 1. The number of nitrogens with zero attached hydrogens (tertiary/aromatic N) is 6. The second-order valence-electron chi connectivity index (χ2n) is 7.92. The van der Waals surface area contributed by atoms with Gasteiger partial charge in [-0.25, -0.2) is 0 Å². The van der Waals surface area contributed by atoms with Gasteiger partial charge in [0.15, 0.2) is 0 Å². The molecule has 2 heterocycles. The highest BCUT2D eigenvalue weighted by atomic mass is 32.2. The molecule has 0 radical (unpaired) electrons. The van der Waals surface area contributed by atoms with Gasteiger partial charge in [0.1, 0.15) is 4.87 Å². The fraction of sp³-hybridized carbons (Fsp3) is 0.550. The van der Waals surface area contributed by atoms with Gasteiger partial charge in [0, 0.05) is 5.69 Å². The molecule has 0 atom stereocenters. The van der Waals surface area contributed by atoms with Crippen LogP contribution in [0, 0.1) is 0 Å². The topological polar surface area (TPSA) is 62.1 Å². The van der Waals surface area contributed by atoms with Crippen LogP contribution in [0.3, 0.4) is 0 Å². The summed E-state index contributed by atoms with van der Waals surface area (Å²) in [5.41, 5.74) is 1.19. The van der Waals surface area contributed by atoms with Crippen LogP contribution in [0.15, 0.2) is 43.0 Å². The second-order valence-corrected chi connectivity index (χ2v) is 9.49. The molecule has 1 N–H and O–H groups in total. The number of allylic oxidation sites excluding steroid dienone is 1. The number of nitrogens with one attached hydrogen (secondary N) is 1. The first-order valence-electron chi connectivity index (χ1n) is 10.8. The van der Waals surface area contributed by atoms with E-state index in [1.165, 1.54) is 24.9 Å². The Hall–Kier alpha value is -1.93. The fourth-order valence-corrected chi connectivity index (χ4v) is 4.67. The maximum Gasteiger partial charge on any atom is 0.341 e. The van der Waals surface area contributed by atoms with Crippen LogP contribution in [0.2, 0.25) is 13.6 Å². The molecule has 2 aromatic rings. The van der Waals surface area contributed by atoms with Gasteiger partial charge in [-0.1, -0.05) is 56.0 Å². The maximum absolute atomic E-state index is 4.27. The first-order chi connectivity index (χ1) is 14.4. The molecule has 1 aliphatic heterocycles. The zero-order valence-electron chi connectivity index (χ0n) is 19.2. The summed E-state index contributed by atoms with van der Waals surface area (Å²) in [6.07, 6.45) is 5.37. The number of anilines is 2. The molecule has 0 amide bonds. The van der Waals surface area contributed by atoms with Gasteiger partial charge in [-0.15, -0.1) is 6.58 Å². The fourth-order valence-electron chi connectivity index (χ4n) is 3.49. The van der Waals surface area contributed by atoms with Crippen LogP contribution in [-0.4, -0.2) is 45.4 Å². The van der Waals surface area contributed by atoms with Crippen molar-refractivity contribution in [3.8, 4) is 0 Å². The van der Waals surface area contributed by atoms with Gasteiger partial charge in [0.05, 0.1) is 0 Å². The van der Waals surface area contributed by atoms with Gasteiger partial charge in [0.25, 0.3) is 0 Å². The summed E-state index contributed by atoms with van der Waals surface area (Å²) in [4.78, 5) is -0.338. The Morgan fingerprint density at radius 2 is 1.87 bits per heavy atom. The number of aromatic nitrogens is 4. The molecule has 0 bridgehead atoms. The number of hydrogen-bond acceptors (Lipinski definition) is 7. The zero-order valence-corrected chi connectivity index (χ0v) is 20.1. The monoisotopic (exact) mass is 427 g/mol. The molecule has 0 saturated heterocycles. The highest BCUT2D eigenvalue weighted by molar-refractivity contribution is 8.02. The molecule has 0 aliphatic carbocycles. The third kappa shape index (κ3) is 6.04. The number of para-hydroxylation sites is 1. The minimum Gasteiger partial charge on any atom is -0.382 e. The molecule has 0 unspecified atom stereocenters. The predicted molar refractivity (Wildman–Crippen MR) is 133 cm³/mol. The van der Waals surface area contributed by atoms with Gasteiger partial charge < -0.3 is 14.2 Å². The summed E-state index contributed by atoms with van der Waals surface area (Å²) in [5, 5.41) is 15.9. The largest absolute Gasteiger partial charge is 0.382 e. The van der Waals surface area contributed by atoms with E-state index in [1.807, 2.05) is 11.6 Å². The lowest BCUT2D eigenvalue weighted by molar-refractivity contribution is 0.470. The molecular formula is C20H35B2N7S. The SMILES string of the molecule is C=CC.CCCCCN1B(C)Nc2nnnn2C(C)(C)SN(c2ccccc2)B1C. The van der Waals surface area contributed by atoms with E-state index in [1.54, 1.807) is 18.0 Å². The Morgan fingerprint density at radius 1 is 1.20 bits per heavy atom. The van der Waals surface area contributed by atoms with Crippen molar-refractivity contribution in [3.05, 3.63) is 43.0 Å². The van der Waals surface area contributed by atoms with E-state index >= 15 is 0 Å². The molecule has 3 rings (SSSR count). The van der Waals surface area contributed by atoms with E-state index in [4.69, 9.17) is 0 Å². The van der Waals surface area contributed by atoms with Crippen molar-refractivity contribution in [2.24, 2.45) is 0 Å². The van der Waals surface area contributed by atoms with E-state index in [0.717, 1.165) is 6.54 Å². The highest BCUT2D eigenvalue weighted by Gasteiger charge is 2.40. The van der Waals surface area contributed by atoms with Crippen molar-refractivity contribution in [1.29, 1.82) is 0 Å². The molecule has 7 nitrogen and oxygen atoms in total. The van der Waals surface area contributed by atoms with Crippen molar-refractivity contribution < 1.29 is 0 Å². The predicted octanol–water partition coefficient (Wildman–Crippen LogP) is 4.87. The third-order valence-corrected chi connectivity index (χ3v) is 6.32. The maximum atomic E-state index is 4.27. The minimum atomic E-state index is -0.338. The Balaban J connectivity index is 0.00000101. The van der Waals surface area contributed by atoms with Gasteiger partial charge in [0.2, 0.25) is 5.95 Å². The quantitative estimate of drug-likeness (QED) is 0.316. The van der Waals surface area contributed by atoms with E-state index < -0.39 is 0 Å². The highest BCUT2D eigenvalue weighted by Crippen LogP contribution is 2.39. The van der Waals surface area contributed by atoms with Crippen molar-refractivity contribution in [3.63, 3.8) is 0 Å². The molecule has 1 aliphatic rings. The lowest BCUT2D eigenvalue weighted by atomic mass is 9.62. The van der Waals surface area contributed by atoms with Crippen molar-refractivity contribution in [2.75, 3.05) is 16.0 Å². The standard InChI is InChI=1S/C17H29B2N7S.C3H6/c1-6-7-11-14-24-18(4)20-16-21-22-23-25(16)17(2,3)27-26(19(24)5)15-12-9-8-10-13-15;1-3-2/h8-10,12-13H,6-7,11,14H2,1-5H3,(H,20,21,23);3H,1H2,2H3. The van der Waals surface area contributed by atoms with E-state index in [2.05, 4.69) is 101 Å². The van der Waals surface area contributed by atoms with Crippen LogP contribution < -0.4 is 9.44 Å². The summed E-state index contributed by atoms with van der Waals surface area (Å²) in [5.74, 6) is 0.711. The molecule has 162 valence electrons. The van der Waals surface area contributed by atoms with Crippen molar-refractivity contribution >= 4 is 37.5 Å².